The summed E-state index contributed by atoms with van der Waals surface area (Å²) in [5.41, 5.74) is 1.28. The molecule has 27 heavy (non-hydrogen) atoms. The Morgan fingerprint density at radius 3 is 2.74 bits per heavy atom. The van der Waals surface area contributed by atoms with E-state index in [1.165, 1.54) is 25.7 Å². The highest BCUT2D eigenvalue weighted by molar-refractivity contribution is 5.98. The topological polar surface area (TPSA) is 67.4 Å². The maximum absolute atomic E-state index is 12.8. The van der Waals surface area contributed by atoms with E-state index >= 15 is 0 Å². The predicted octanol–water partition coefficient (Wildman–Crippen LogP) is 3.36. The zero-order chi connectivity index (χ0) is 18.4. The van der Waals surface area contributed by atoms with Crippen LogP contribution in [0.3, 0.4) is 0 Å². The van der Waals surface area contributed by atoms with Crippen molar-refractivity contribution in [1.82, 2.24) is 5.32 Å². The molecule has 1 saturated heterocycles. The number of hydrogen-bond donors (Lipinski definition) is 2. The third-order valence-electron chi connectivity index (χ3n) is 7.36. The van der Waals surface area contributed by atoms with Gasteiger partial charge in [-0.15, -0.1) is 0 Å². The fourth-order valence-electron chi connectivity index (χ4n) is 6.23. The first-order valence-corrected chi connectivity index (χ1v) is 10.5. The van der Waals surface area contributed by atoms with Crippen molar-refractivity contribution in [1.29, 1.82) is 0 Å². The Balaban J connectivity index is 1.22. The third kappa shape index (κ3) is 3.16. The minimum atomic E-state index is -0.365. The molecule has 6 unspecified atom stereocenters. The standard InChI is InChI=1S/C22H28N2O3/c25-21(24-19-12-14-11-18(19)17-7-2-6-16(14)17)13-4-1-5-15(10-13)23-22(26)20-8-3-9-27-20/h1,4-5,10,14,16-20H,2-3,6-9,11-12H2,(H,23,26)(H,24,25). The van der Waals surface area contributed by atoms with E-state index in [4.69, 9.17) is 4.74 Å². The van der Waals surface area contributed by atoms with Crippen molar-refractivity contribution in [3.8, 4) is 0 Å². The lowest BCUT2D eigenvalue weighted by Gasteiger charge is -2.32. The zero-order valence-corrected chi connectivity index (χ0v) is 15.7. The number of ether oxygens (including phenoxy) is 1. The zero-order valence-electron chi connectivity index (χ0n) is 15.7. The minimum Gasteiger partial charge on any atom is -0.368 e. The summed E-state index contributed by atoms with van der Waals surface area (Å²) in [4.78, 5) is 25.0. The molecule has 1 aromatic carbocycles. The molecule has 2 bridgehead atoms. The molecule has 1 aromatic rings. The van der Waals surface area contributed by atoms with Crippen molar-refractivity contribution in [2.24, 2.45) is 23.7 Å². The van der Waals surface area contributed by atoms with Crippen molar-refractivity contribution in [3.63, 3.8) is 0 Å². The Labute approximate surface area is 160 Å². The molecule has 2 amide bonds. The van der Waals surface area contributed by atoms with Gasteiger partial charge in [0.05, 0.1) is 0 Å². The first-order valence-electron chi connectivity index (χ1n) is 10.5. The van der Waals surface area contributed by atoms with E-state index in [1.54, 1.807) is 6.07 Å². The van der Waals surface area contributed by atoms with Gasteiger partial charge in [0.2, 0.25) is 0 Å². The van der Waals surface area contributed by atoms with Gasteiger partial charge in [-0.2, -0.15) is 0 Å². The van der Waals surface area contributed by atoms with Crippen LogP contribution < -0.4 is 10.6 Å². The van der Waals surface area contributed by atoms with Gasteiger partial charge in [0.1, 0.15) is 6.10 Å². The van der Waals surface area contributed by atoms with E-state index in [0.29, 0.717) is 29.8 Å². The number of nitrogens with one attached hydrogen (secondary N) is 2. The summed E-state index contributed by atoms with van der Waals surface area (Å²) in [5.74, 6) is 3.13. The van der Waals surface area contributed by atoms with E-state index in [2.05, 4.69) is 10.6 Å². The summed E-state index contributed by atoms with van der Waals surface area (Å²) in [7, 11) is 0. The minimum absolute atomic E-state index is 0.0182. The number of carbonyl (C=O) groups excluding carboxylic acids is 2. The van der Waals surface area contributed by atoms with Gasteiger partial charge in [0.25, 0.3) is 11.8 Å². The predicted molar refractivity (Wildman–Crippen MR) is 102 cm³/mol. The molecule has 5 rings (SSSR count). The van der Waals surface area contributed by atoms with Gasteiger partial charge >= 0.3 is 0 Å². The van der Waals surface area contributed by atoms with Gasteiger partial charge in [-0.1, -0.05) is 12.5 Å². The SMILES string of the molecule is O=C(NC1CC2CC1C1CCCC21)c1cccc(NC(=O)C2CCCO2)c1. The highest BCUT2D eigenvalue weighted by Gasteiger charge is 2.54. The molecule has 0 spiro atoms. The van der Waals surface area contributed by atoms with Crippen LogP contribution in [0.2, 0.25) is 0 Å². The highest BCUT2D eigenvalue weighted by atomic mass is 16.5. The average molecular weight is 368 g/mol. The monoisotopic (exact) mass is 368 g/mol. The number of benzene rings is 1. The molecular weight excluding hydrogens is 340 g/mol. The van der Waals surface area contributed by atoms with Crippen molar-refractivity contribution in [2.75, 3.05) is 11.9 Å². The second kappa shape index (κ2) is 6.93. The Morgan fingerprint density at radius 2 is 1.89 bits per heavy atom. The Kier molecular flexibility index (Phi) is 4.43. The molecule has 144 valence electrons. The smallest absolute Gasteiger partial charge is 0.253 e. The first kappa shape index (κ1) is 17.2. The lowest BCUT2D eigenvalue weighted by molar-refractivity contribution is -0.124. The molecule has 4 fully saturated rings. The maximum Gasteiger partial charge on any atom is 0.253 e. The Hall–Kier alpha value is -1.88. The molecule has 1 heterocycles. The Morgan fingerprint density at radius 1 is 1.00 bits per heavy atom. The molecule has 2 N–H and O–H groups in total. The summed E-state index contributed by atoms with van der Waals surface area (Å²) in [6.45, 7) is 0.645. The van der Waals surface area contributed by atoms with E-state index in [1.807, 2.05) is 18.2 Å². The normalized spacial score (nSPS) is 36.6. The van der Waals surface area contributed by atoms with Crippen LogP contribution in [0.25, 0.3) is 0 Å². The molecule has 3 saturated carbocycles. The summed E-state index contributed by atoms with van der Waals surface area (Å²) in [5, 5.41) is 6.18. The van der Waals surface area contributed by atoms with Crippen LogP contribution in [0.15, 0.2) is 24.3 Å². The van der Waals surface area contributed by atoms with Crippen LogP contribution >= 0.6 is 0 Å². The average Bonchev–Trinajstić information content (AvgIpc) is 3.43. The molecule has 0 radical (unpaired) electrons. The van der Waals surface area contributed by atoms with Crippen LogP contribution in [0, 0.1) is 23.7 Å². The fourth-order valence-corrected chi connectivity index (χ4v) is 6.23. The number of anilines is 1. The summed E-state index contributed by atoms with van der Waals surface area (Å²) in [6.07, 6.45) is 7.89. The van der Waals surface area contributed by atoms with Gasteiger partial charge in [0, 0.05) is 23.9 Å². The largest absolute Gasteiger partial charge is 0.368 e. The second-order valence-corrected chi connectivity index (χ2v) is 8.81. The van der Waals surface area contributed by atoms with Crippen LogP contribution in [0.5, 0.6) is 0 Å². The lowest BCUT2D eigenvalue weighted by atomic mass is 9.79. The third-order valence-corrected chi connectivity index (χ3v) is 7.36. The first-order chi connectivity index (χ1) is 13.2. The molecule has 5 nitrogen and oxygen atoms in total. The molecule has 1 aliphatic heterocycles. The number of hydrogen-bond acceptors (Lipinski definition) is 3. The van der Waals surface area contributed by atoms with E-state index in [-0.39, 0.29) is 17.9 Å². The summed E-state index contributed by atoms with van der Waals surface area (Å²) in [6, 6.07) is 7.57. The van der Waals surface area contributed by atoms with Crippen molar-refractivity contribution in [3.05, 3.63) is 29.8 Å². The number of carbonyl (C=O) groups is 2. The van der Waals surface area contributed by atoms with Gasteiger partial charge in [-0.25, -0.2) is 0 Å². The van der Waals surface area contributed by atoms with Gasteiger partial charge < -0.3 is 15.4 Å². The van der Waals surface area contributed by atoms with Gasteiger partial charge in [-0.3, -0.25) is 9.59 Å². The van der Waals surface area contributed by atoms with Crippen LogP contribution in [0.4, 0.5) is 5.69 Å². The van der Waals surface area contributed by atoms with E-state index < -0.39 is 0 Å². The molecule has 6 atom stereocenters. The number of fused-ring (bicyclic) bond motifs is 5. The number of amides is 2. The summed E-state index contributed by atoms with van der Waals surface area (Å²) < 4.78 is 5.42. The molecular formula is C22H28N2O3. The van der Waals surface area contributed by atoms with Crippen molar-refractivity contribution >= 4 is 17.5 Å². The molecule has 4 aliphatic rings. The van der Waals surface area contributed by atoms with Gasteiger partial charge in [-0.05, 0) is 80.4 Å². The van der Waals surface area contributed by atoms with E-state index in [9.17, 15) is 9.59 Å². The van der Waals surface area contributed by atoms with Crippen molar-refractivity contribution < 1.29 is 14.3 Å². The van der Waals surface area contributed by atoms with Crippen molar-refractivity contribution in [2.45, 2.75) is 57.1 Å². The van der Waals surface area contributed by atoms with E-state index in [0.717, 1.165) is 37.0 Å². The molecule has 0 aromatic heterocycles. The summed E-state index contributed by atoms with van der Waals surface area (Å²) >= 11 is 0. The van der Waals surface area contributed by atoms with Crippen LogP contribution in [-0.2, 0) is 9.53 Å². The molecule has 3 aliphatic carbocycles. The Bertz CT molecular complexity index is 743. The lowest BCUT2D eigenvalue weighted by Crippen LogP contribution is -2.42. The van der Waals surface area contributed by atoms with Crippen LogP contribution in [0.1, 0.15) is 55.3 Å². The molecule has 5 heteroatoms. The second-order valence-electron chi connectivity index (χ2n) is 8.81. The van der Waals surface area contributed by atoms with Crippen LogP contribution in [-0.4, -0.2) is 30.6 Å². The fraction of sp³-hybridized carbons (Fsp3) is 0.636. The highest BCUT2D eigenvalue weighted by Crippen LogP contribution is 2.58. The maximum atomic E-state index is 12.8. The van der Waals surface area contributed by atoms with Gasteiger partial charge in [0.15, 0.2) is 0 Å². The number of rotatable bonds is 4. The quantitative estimate of drug-likeness (QED) is 0.856.